The molecule has 0 aromatic heterocycles. The fourth-order valence-corrected chi connectivity index (χ4v) is 4.56. The van der Waals surface area contributed by atoms with E-state index in [0.717, 1.165) is 38.9 Å². The van der Waals surface area contributed by atoms with Gasteiger partial charge in [0.2, 0.25) is 15.9 Å². The van der Waals surface area contributed by atoms with Crippen LogP contribution >= 0.6 is 0 Å². The van der Waals surface area contributed by atoms with Crippen LogP contribution in [0, 0.1) is 0 Å². The second-order valence-corrected chi connectivity index (χ2v) is 8.52. The molecule has 1 aromatic rings. The quantitative estimate of drug-likeness (QED) is 0.804. The number of anilines is 1. The van der Waals surface area contributed by atoms with Crippen LogP contribution in [-0.2, 0) is 14.8 Å². The van der Waals surface area contributed by atoms with Crippen LogP contribution in [0.15, 0.2) is 29.2 Å². The van der Waals surface area contributed by atoms with Crippen molar-refractivity contribution in [1.82, 2.24) is 9.21 Å². The third-order valence-electron chi connectivity index (χ3n) is 4.75. The second-order valence-electron chi connectivity index (χ2n) is 6.52. The molecule has 0 spiro atoms. The van der Waals surface area contributed by atoms with Gasteiger partial charge in [0.25, 0.3) is 0 Å². The van der Waals surface area contributed by atoms with Crippen molar-refractivity contribution in [1.29, 1.82) is 0 Å². The number of piperidine rings is 1. The van der Waals surface area contributed by atoms with E-state index in [9.17, 15) is 13.2 Å². The lowest BCUT2D eigenvalue weighted by molar-refractivity contribution is -0.115. The van der Waals surface area contributed by atoms with Gasteiger partial charge in [0.1, 0.15) is 0 Å². The standard InChI is InChI=1S/C18H29N3O3S/c1-4-12-21-13-10-16(11-14-21)20(3)25(23,24)17-8-6-15(7-9-17)19-18(22)5-2/h6-9,16H,4-5,10-14H2,1-3H3,(H,19,22). The number of benzene rings is 1. The second kappa shape index (κ2) is 8.78. The Balaban J connectivity index is 2.04. The van der Waals surface area contributed by atoms with Crippen LogP contribution in [0.1, 0.15) is 39.5 Å². The maximum Gasteiger partial charge on any atom is 0.243 e. The Morgan fingerprint density at radius 1 is 1.20 bits per heavy atom. The predicted octanol–water partition coefficient (Wildman–Crippen LogP) is 2.53. The zero-order valence-corrected chi connectivity index (χ0v) is 16.2. The molecule has 1 amide bonds. The van der Waals surface area contributed by atoms with Crippen LogP contribution in [0.2, 0.25) is 0 Å². The van der Waals surface area contributed by atoms with E-state index >= 15 is 0 Å². The van der Waals surface area contributed by atoms with E-state index in [2.05, 4.69) is 17.1 Å². The summed E-state index contributed by atoms with van der Waals surface area (Å²) >= 11 is 0. The molecule has 1 fully saturated rings. The SMILES string of the molecule is CCCN1CCC(N(C)S(=O)(=O)c2ccc(NC(=O)CC)cc2)CC1. The molecule has 7 heteroatoms. The molecule has 140 valence electrons. The Morgan fingerprint density at radius 3 is 2.32 bits per heavy atom. The molecule has 1 N–H and O–H groups in total. The van der Waals surface area contributed by atoms with Gasteiger partial charge in [-0.25, -0.2) is 8.42 Å². The number of carbonyl (C=O) groups excluding carboxylic acids is 1. The summed E-state index contributed by atoms with van der Waals surface area (Å²) in [6.45, 7) is 6.90. The number of carbonyl (C=O) groups is 1. The van der Waals surface area contributed by atoms with Gasteiger partial charge in [0, 0.05) is 25.2 Å². The van der Waals surface area contributed by atoms with Gasteiger partial charge < -0.3 is 10.2 Å². The number of amides is 1. The molecule has 1 aromatic carbocycles. The third-order valence-corrected chi connectivity index (χ3v) is 6.67. The highest BCUT2D eigenvalue weighted by Crippen LogP contribution is 2.24. The zero-order chi connectivity index (χ0) is 18.4. The van der Waals surface area contributed by atoms with Crippen molar-refractivity contribution < 1.29 is 13.2 Å². The van der Waals surface area contributed by atoms with E-state index in [4.69, 9.17) is 0 Å². The number of hydrogen-bond acceptors (Lipinski definition) is 4. The number of likely N-dealkylation sites (tertiary alicyclic amines) is 1. The average Bonchev–Trinajstić information content (AvgIpc) is 2.62. The van der Waals surface area contributed by atoms with E-state index in [1.165, 1.54) is 4.31 Å². The molecule has 1 aliphatic rings. The largest absolute Gasteiger partial charge is 0.326 e. The van der Waals surface area contributed by atoms with Crippen LogP contribution in [0.3, 0.4) is 0 Å². The summed E-state index contributed by atoms with van der Waals surface area (Å²) < 4.78 is 27.2. The Kier molecular flexibility index (Phi) is 6.98. The molecule has 0 atom stereocenters. The van der Waals surface area contributed by atoms with Crippen molar-refractivity contribution in [3.05, 3.63) is 24.3 Å². The van der Waals surface area contributed by atoms with E-state index in [1.54, 1.807) is 38.2 Å². The number of nitrogens with zero attached hydrogens (tertiary/aromatic N) is 2. The summed E-state index contributed by atoms with van der Waals surface area (Å²) in [6.07, 6.45) is 3.24. The first-order valence-corrected chi connectivity index (χ1v) is 10.4. The Morgan fingerprint density at radius 2 is 1.80 bits per heavy atom. The summed E-state index contributed by atoms with van der Waals surface area (Å²) in [5, 5.41) is 2.73. The van der Waals surface area contributed by atoms with Crippen molar-refractivity contribution in [3.63, 3.8) is 0 Å². The molecule has 6 nitrogen and oxygen atoms in total. The highest BCUT2D eigenvalue weighted by molar-refractivity contribution is 7.89. The minimum absolute atomic E-state index is 0.0394. The van der Waals surface area contributed by atoms with Crippen LogP contribution in [0.5, 0.6) is 0 Å². The molecular weight excluding hydrogens is 338 g/mol. The van der Waals surface area contributed by atoms with Crippen LogP contribution in [0.25, 0.3) is 0 Å². The normalized spacial score (nSPS) is 17.0. The number of sulfonamides is 1. The molecule has 2 rings (SSSR count). The molecule has 1 aliphatic heterocycles. The fraction of sp³-hybridized carbons (Fsp3) is 0.611. The third kappa shape index (κ3) is 5.03. The summed E-state index contributed by atoms with van der Waals surface area (Å²) in [7, 11) is -1.85. The van der Waals surface area contributed by atoms with E-state index in [-0.39, 0.29) is 16.8 Å². The van der Waals surface area contributed by atoms with Gasteiger partial charge in [0.05, 0.1) is 4.90 Å². The summed E-state index contributed by atoms with van der Waals surface area (Å²) in [6, 6.07) is 6.43. The van der Waals surface area contributed by atoms with Gasteiger partial charge in [-0.05, 0) is 63.2 Å². The first-order chi connectivity index (χ1) is 11.9. The highest BCUT2D eigenvalue weighted by Gasteiger charge is 2.30. The zero-order valence-electron chi connectivity index (χ0n) is 15.4. The molecule has 0 bridgehead atoms. The summed E-state index contributed by atoms with van der Waals surface area (Å²) in [5.74, 6) is -0.0911. The van der Waals surface area contributed by atoms with Gasteiger partial charge in [-0.2, -0.15) is 4.31 Å². The number of nitrogens with one attached hydrogen (secondary N) is 1. The minimum Gasteiger partial charge on any atom is -0.326 e. The molecule has 0 radical (unpaired) electrons. The van der Waals surface area contributed by atoms with Crippen molar-refractivity contribution in [2.24, 2.45) is 0 Å². The lowest BCUT2D eigenvalue weighted by Crippen LogP contribution is -2.45. The maximum atomic E-state index is 12.9. The molecule has 1 saturated heterocycles. The number of rotatable bonds is 7. The first kappa shape index (κ1) is 19.9. The van der Waals surface area contributed by atoms with Crippen LogP contribution in [0.4, 0.5) is 5.69 Å². The average molecular weight is 368 g/mol. The monoisotopic (exact) mass is 367 g/mol. The Bertz CT molecular complexity index is 665. The van der Waals surface area contributed by atoms with Gasteiger partial charge in [-0.1, -0.05) is 13.8 Å². The fourth-order valence-electron chi connectivity index (χ4n) is 3.14. The maximum absolute atomic E-state index is 12.9. The van der Waals surface area contributed by atoms with E-state index < -0.39 is 10.0 Å². The van der Waals surface area contributed by atoms with Gasteiger partial charge in [0.15, 0.2) is 0 Å². The Labute approximate surface area is 151 Å². The van der Waals surface area contributed by atoms with Crippen molar-refractivity contribution in [2.45, 2.75) is 50.5 Å². The first-order valence-electron chi connectivity index (χ1n) is 8.98. The number of hydrogen-bond donors (Lipinski definition) is 1. The lowest BCUT2D eigenvalue weighted by atomic mass is 10.1. The van der Waals surface area contributed by atoms with E-state index in [1.807, 2.05) is 0 Å². The van der Waals surface area contributed by atoms with Crippen molar-refractivity contribution in [2.75, 3.05) is 32.0 Å². The van der Waals surface area contributed by atoms with Gasteiger partial charge >= 0.3 is 0 Å². The predicted molar refractivity (Wildman–Crippen MR) is 100 cm³/mol. The summed E-state index contributed by atoms with van der Waals surface area (Å²) in [4.78, 5) is 14.1. The topological polar surface area (TPSA) is 69.7 Å². The molecule has 0 aliphatic carbocycles. The van der Waals surface area contributed by atoms with Crippen molar-refractivity contribution in [3.8, 4) is 0 Å². The molecule has 0 unspecified atom stereocenters. The smallest absolute Gasteiger partial charge is 0.243 e. The minimum atomic E-state index is -3.52. The molecule has 25 heavy (non-hydrogen) atoms. The van der Waals surface area contributed by atoms with Crippen molar-refractivity contribution >= 4 is 21.6 Å². The van der Waals surface area contributed by atoms with Crippen LogP contribution in [-0.4, -0.2) is 56.3 Å². The molecule has 1 heterocycles. The lowest BCUT2D eigenvalue weighted by Gasteiger charge is -2.36. The highest BCUT2D eigenvalue weighted by atomic mass is 32.2. The molecule has 0 saturated carbocycles. The molecular formula is C18H29N3O3S. The Hall–Kier alpha value is -1.44. The summed E-state index contributed by atoms with van der Waals surface area (Å²) in [5.41, 5.74) is 0.612. The van der Waals surface area contributed by atoms with Crippen LogP contribution < -0.4 is 5.32 Å². The van der Waals surface area contributed by atoms with Gasteiger partial charge in [-0.15, -0.1) is 0 Å². The van der Waals surface area contributed by atoms with E-state index in [0.29, 0.717) is 12.1 Å². The van der Waals surface area contributed by atoms with Gasteiger partial charge in [-0.3, -0.25) is 4.79 Å².